The highest BCUT2D eigenvalue weighted by Gasteiger charge is 2.25. The van der Waals surface area contributed by atoms with Crippen LogP contribution in [0.1, 0.15) is 38.3 Å². The number of benzene rings is 1. The van der Waals surface area contributed by atoms with E-state index in [0.29, 0.717) is 0 Å². The van der Waals surface area contributed by atoms with Gasteiger partial charge in [-0.2, -0.15) is 0 Å². The Kier molecular flexibility index (Phi) is 4.83. The summed E-state index contributed by atoms with van der Waals surface area (Å²) in [6, 6.07) is 3.39. The molecule has 0 aliphatic rings. The quantitative estimate of drug-likeness (QED) is 0.600. The molecule has 0 heterocycles. The highest BCUT2D eigenvalue weighted by Crippen LogP contribution is 2.30. The summed E-state index contributed by atoms with van der Waals surface area (Å²) in [5.41, 5.74) is 2.56. The van der Waals surface area contributed by atoms with Gasteiger partial charge in [-0.25, -0.2) is 8.78 Å². The molecule has 90 valence electrons. The zero-order valence-electron chi connectivity index (χ0n) is 9.63. The number of hydrogen-bond acceptors (Lipinski definition) is 2. The fraction of sp³-hybridized carbons (Fsp3) is 0.500. The van der Waals surface area contributed by atoms with Crippen LogP contribution in [0, 0.1) is 17.6 Å². The van der Waals surface area contributed by atoms with Crippen molar-refractivity contribution in [2.45, 2.75) is 32.7 Å². The molecule has 1 unspecified atom stereocenters. The van der Waals surface area contributed by atoms with E-state index in [-0.39, 0.29) is 11.5 Å². The minimum absolute atomic E-state index is 0.0405. The zero-order chi connectivity index (χ0) is 12.1. The Balaban J connectivity index is 3.12. The lowest BCUT2D eigenvalue weighted by atomic mass is 9.89. The molecule has 3 N–H and O–H groups in total. The zero-order valence-corrected chi connectivity index (χ0v) is 9.63. The molecule has 0 aliphatic heterocycles. The van der Waals surface area contributed by atoms with Crippen molar-refractivity contribution in [3.8, 4) is 0 Å². The average Bonchev–Trinajstić information content (AvgIpc) is 2.28. The molecule has 1 atom stereocenters. The Labute approximate surface area is 94.8 Å². The number of hydrogen-bond donors (Lipinski definition) is 2. The van der Waals surface area contributed by atoms with E-state index in [1.165, 1.54) is 18.2 Å². The van der Waals surface area contributed by atoms with E-state index in [1.807, 2.05) is 13.8 Å². The average molecular weight is 228 g/mol. The van der Waals surface area contributed by atoms with Gasteiger partial charge in [0.2, 0.25) is 0 Å². The third kappa shape index (κ3) is 2.57. The molecular formula is C12H18F2N2. The topological polar surface area (TPSA) is 38.0 Å². The SMILES string of the molecule is CCC(CC)C(NN)c1c(F)cccc1F. The molecule has 0 amide bonds. The monoisotopic (exact) mass is 228 g/mol. The highest BCUT2D eigenvalue weighted by molar-refractivity contribution is 5.23. The predicted molar refractivity (Wildman–Crippen MR) is 60.5 cm³/mol. The van der Waals surface area contributed by atoms with Crippen molar-refractivity contribution in [3.05, 3.63) is 35.4 Å². The van der Waals surface area contributed by atoms with Crippen molar-refractivity contribution >= 4 is 0 Å². The summed E-state index contributed by atoms with van der Waals surface area (Å²) < 4.78 is 27.2. The van der Waals surface area contributed by atoms with Crippen molar-refractivity contribution in [3.63, 3.8) is 0 Å². The minimum atomic E-state index is -0.546. The van der Waals surface area contributed by atoms with E-state index >= 15 is 0 Å². The number of rotatable bonds is 5. The molecule has 0 bridgehead atoms. The molecule has 2 nitrogen and oxygen atoms in total. The van der Waals surface area contributed by atoms with Gasteiger partial charge >= 0.3 is 0 Å². The number of halogens is 2. The normalized spacial score (nSPS) is 13.1. The first-order valence-corrected chi connectivity index (χ1v) is 5.55. The summed E-state index contributed by atoms with van der Waals surface area (Å²) in [4.78, 5) is 0. The third-order valence-electron chi connectivity index (χ3n) is 3.01. The lowest BCUT2D eigenvalue weighted by molar-refractivity contribution is 0.326. The molecule has 0 fully saturated rings. The predicted octanol–water partition coefficient (Wildman–Crippen LogP) is 2.91. The van der Waals surface area contributed by atoms with Gasteiger partial charge < -0.3 is 0 Å². The first-order valence-electron chi connectivity index (χ1n) is 5.55. The number of nitrogens with two attached hydrogens (primary N) is 1. The van der Waals surface area contributed by atoms with E-state index in [1.54, 1.807) is 0 Å². The standard InChI is InChI=1S/C12H18F2N2/c1-3-8(4-2)12(16-15)11-9(13)6-5-7-10(11)14/h5-8,12,16H,3-4,15H2,1-2H3. The molecule has 0 aliphatic carbocycles. The second-order valence-corrected chi connectivity index (χ2v) is 3.86. The van der Waals surface area contributed by atoms with Crippen molar-refractivity contribution in [1.29, 1.82) is 0 Å². The summed E-state index contributed by atoms with van der Waals surface area (Å²) in [5.74, 6) is 4.44. The van der Waals surface area contributed by atoms with Gasteiger partial charge in [-0.3, -0.25) is 11.3 Å². The highest BCUT2D eigenvalue weighted by atomic mass is 19.1. The fourth-order valence-corrected chi connectivity index (χ4v) is 2.02. The van der Waals surface area contributed by atoms with Gasteiger partial charge in [-0.05, 0) is 18.1 Å². The summed E-state index contributed by atoms with van der Waals surface area (Å²) in [6.07, 6.45) is 1.64. The molecule has 4 heteroatoms. The van der Waals surface area contributed by atoms with E-state index in [0.717, 1.165) is 12.8 Å². The Morgan fingerprint density at radius 3 is 2.06 bits per heavy atom. The summed E-state index contributed by atoms with van der Waals surface area (Å²) >= 11 is 0. The van der Waals surface area contributed by atoms with Crippen LogP contribution in [-0.2, 0) is 0 Å². The molecule has 0 spiro atoms. The van der Waals surface area contributed by atoms with Crippen LogP contribution in [-0.4, -0.2) is 0 Å². The second-order valence-electron chi connectivity index (χ2n) is 3.86. The van der Waals surface area contributed by atoms with Gasteiger partial charge in [0, 0.05) is 5.56 Å². The molecule has 1 aromatic carbocycles. The number of nitrogens with one attached hydrogen (secondary N) is 1. The molecule has 0 aromatic heterocycles. The van der Waals surface area contributed by atoms with Crippen LogP contribution in [0.3, 0.4) is 0 Å². The molecule has 16 heavy (non-hydrogen) atoms. The smallest absolute Gasteiger partial charge is 0.130 e. The first-order chi connectivity index (χ1) is 7.65. The van der Waals surface area contributed by atoms with Gasteiger partial charge in [0.25, 0.3) is 0 Å². The Hall–Kier alpha value is -1.00. The second kappa shape index (κ2) is 5.92. The maximum absolute atomic E-state index is 13.6. The van der Waals surface area contributed by atoms with E-state index < -0.39 is 17.7 Å². The summed E-state index contributed by atoms with van der Waals surface area (Å²) in [6.45, 7) is 3.97. The Morgan fingerprint density at radius 2 is 1.69 bits per heavy atom. The minimum Gasteiger partial charge on any atom is -0.271 e. The van der Waals surface area contributed by atoms with Gasteiger partial charge in [0.05, 0.1) is 6.04 Å². The summed E-state index contributed by atoms with van der Waals surface area (Å²) in [7, 11) is 0. The van der Waals surface area contributed by atoms with E-state index in [9.17, 15) is 8.78 Å². The van der Waals surface area contributed by atoms with E-state index in [2.05, 4.69) is 5.43 Å². The molecule has 1 aromatic rings. The number of hydrazine groups is 1. The lowest BCUT2D eigenvalue weighted by Crippen LogP contribution is -2.34. The van der Waals surface area contributed by atoms with Crippen LogP contribution < -0.4 is 11.3 Å². The summed E-state index contributed by atoms with van der Waals surface area (Å²) in [5, 5.41) is 0. The molecular weight excluding hydrogens is 210 g/mol. The Bertz CT molecular complexity index is 318. The first kappa shape index (κ1) is 13.1. The molecule has 0 saturated carbocycles. The van der Waals surface area contributed by atoms with Crippen LogP contribution >= 0.6 is 0 Å². The third-order valence-corrected chi connectivity index (χ3v) is 3.01. The van der Waals surface area contributed by atoms with Crippen molar-refractivity contribution in [2.24, 2.45) is 11.8 Å². The maximum atomic E-state index is 13.6. The van der Waals surface area contributed by atoms with Crippen LogP contribution in [0.2, 0.25) is 0 Å². The van der Waals surface area contributed by atoms with Gasteiger partial charge in [-0.15, -0.1) is 0 Å². The van der Waals surface area contributed by atoms with Gasteiger partial charge in [0.1, 0.15) is 11.6 Å². The molecule has 0 saturated heterocycles. The Morgan fingerprint density at radius 1 is 1.19 bits per heavy atom. The van der Waals surface area contributed by atoms with Crippen molar-refractivity contribution in [1.82, 2.24) is 5.43 Å². The molecule has 0 radical (unpaired) electrons. The van der Waals surface area contributed by atoms with Crippen molar-refractivity contribution < 1.29 is 8.78 Å². The van der Waals surface area contributed by atoms with Crippen LogP contribution in [0.25, 0.3) is 0 Å². The maximum Gasteiger partial charge on any atom is 0.130 e. The van der Waals surface area contributed by atoms with Crippen LogP contribution in [0.5, 0.6) is 0 Å². The lowest BCUT2D eigenvalue weighted by Gasteiger charge is -2.25. The van der Waals surface area contributed by atoms with Gasteiger partial charge in [-0.1, -0.05) is 32.8 Å². The molecule has 1 rings (SSSR count). The van der Waals surface area contributed by atoms with E-state index in [4.69, 9.17) is 5.84 Å². The fourth-order valence-electron chi connectivity index (χ4n) is 2.02. The largest absolute Gasteiger partial charge is 0.271 e. The van der Waals surface area contributed by atoms with Crippen molar-refractivity contribution in [2.75, 3.05) is 0 Å². The van der Waals surface area contributed by atoms with Gasteiger partial charge in [0.15, 0.2) is 0 Å². The van der Waals surface area contributed by atoms with Crippen LogP contribution in [0.15, 0.2) is 18.2 Å². The van der Waals surface area contributed by atoms with Crippen LogP contribution in [0.4, 0.5) is 8.78 Å².